The first kappa shape index (κ1) is 21.1. The molecule has 1 aliphatic heterocycles. The van der Waals surface area contributed by atoms with Gasteiger partial charge >= 0.3 is 0 Å². The molecule has 1 saturated heterocycles. The van der Waals surface area contributed by atoms with E-state index in [1.165, 1.54) is 17.8 Å². The predicted molar refractivity (Wildman–Crippen MR) is 120 cm³/mol. The highest BCUT2D eigenvalue weighted by Crippen LogP contribution is 2.42. The van der Waals surface area contributed by atoms with Crippen molar-refractivity contribution in [3.05, 3.63) is 49.9 Å². The molecule has 1 aromatic carbocycles. The third-order valence-corrected chi connectivity index (χ3v) is 6.92. The lowest BCUT2D eigenvalue weighted by atomic mass is 10.2. The Bertz CT molecular complexity index is 1020. The molecular weight excluding hydrogens is 499 g/mol. The number of hydrogen-bond acceptors (Lipinski definition) is 6. The van der Waals surface area contributed by atoms with Crippen LogP contribution in [0.4, 0.5) is 0 Å². The minimum Gasteiger partial charge on any atom is -0.504 e. The second-order valence-electron chi connectivity index (χ2n) is 6.77. The first-order valence-electron chi connectivity index (χ1n) is 9.16. The summed E-state index contributed by atoms with van der Waals surface area (Å²) >= 11 is 17.3. The van der Waals surface area contributed by atoms with E-state index in [1.54, 1.807) is 22.9 Å². The van der Waals surface area contributed by atoms with Crippen LogP contribution in [-0.2, 0) is 0 Å². The van der Waals surface area contributed by atoms with Gasteiger partial charge in [-0.05, 0) is 59.1 Å². The zero-order chi connectivity index (χ0) is 20.5. The summed E-state index contributed by atoms with van der Waals surface area (Å²) in [4.78, 5) is 0.782. The van der Waals surface area contributed by atoms with Crippen LogP contribution in [0.25, 0.3) is 16.3 Å². The number of nitrogens with one attached hydrogen (secondary N) is 1. The lowest BCUT2D eigenvalue weighted by Crippen LogP contribution is -2.43. The fourth-order valence-electron chi connectivity index (χ4n) is 3.36. The summed E-state index contributed by atoms with van der Waals surface area (Å²) in [5.74, 6) is -0.0950. The van der Waals surface area contributed by atoms with Gasteiger partial charge in [0.05, 0.1) is 19.4 Å². The van der Waals surface area contributed by atoms with Crippen molar-refractivity contribution in [3.8, 4) is 22.0 Å². The number of halogens is 3. The molecule has 6 nitrogen and oxygen atoms in total. The average Bonchev–Trinajstić information content (AvgIpc) is 3.25. The molecule has 4 rings (SSSR count). The highest BCUT2D eigenvalue weighted by molar-refractivity contribution is 9.11. The minimum absolute atomic E-state index is 0.0950. The highest BCUT2D eigenvalue weighted by Gasteiger charge is 2.27. The van der Waals surface area contributed by atoms with Crippen LogP contribution in [0, 0.1) is 0 Å². The highest BCUT2D eigenvalue weighted by atomic mass is 79.9. The number of hydrogen-bond donors (Lipinski definition) is 3. The van der Waals surface area contributed by atoms with Crippen molar-refractivity contribution in [2.75, 3.05) is 13.1 Å². The van der Waals surface area contributed by atoms with Crippen LogP contribution in [0.3, 0.4) is 0 Å². The molecule has 154 valence electrons. The number of aromatic hydroxyl groups is 1. The van der Waals surface area contributed by atoms with Crippen LogP contribution < -0.4 is 5.43 Å². The SMILES string of the molecule is Oc1c(C(O)NN2CCCCC2)nn(-c2ccc(Cl)cc2Cl)c1-c1ccc(Br)s1. The molecule has 10 heteroatoms. The van der Waals surface area contributed by atoms with Crippen molar-refractivity contribution < 1.29 is 10.2 Å². The number of thiophene rings is 1. The second-order valence-corrected chi connectivity index (χ2v) is 10.1. The van der Waals surface area contributed by atoms with Gasteiger partial charge in [-0.2, -0.15) is 5.10 Å². The molecular formula is C19H19BrCl2N4O2S. The Morgan fingerprint density at radius 1 is 1.14 bits per heavy atom. The van der Waals surface area contributed by atoms with E-state index in [0.29, 0.717) is 21.4 Å². The average molecular weight is 518 g/mol. The first-order chi connectivity index (χ1) is 13.9. The van der Waals surface area contributed by atoms with E-state index in [1.807, 2.05) is 17.1 Å². The van der Waals surface area contributed by atoms with Gasteiger partial charge in [-0.3, -0.25) is 0 Å². The third kappa shape index (κ3) is 4.49. The molecule has 1 aliphatic rings. The molecule has 0 amide bonds. The van der Waals surface area contributed by atoms with E-state index in [-0.39, 0.29) is 11.4 Å². The Morgan fingerprint density at radius 2 is 1.90 bits per heavy atom. The Morgan fingerprint density at radius 3 is 2.55 bits per heavy atom. The second kappa shape index (κ2) is 8.93. The van der Waals surface area contributed by atoms with Crippen LogP contribution in [0.1, 0.15) is 31.2 Å². The molecule has 0 aliphatic carbocycles. The third-order valence-electron chi connectivity index (χ3n) is 4.75. The van der Waals surface area contributed by atoms with Gasteiger partial charge in [0.1, 0.15) is 11.4 Å². The molecule has 3 heterocycles. The zero-order valence-corrected chi connectivity index (χ0v) is 19.2. The van der Waals surface area contributed by atoms with Crippen LogP contribution in [-0.4, -0.2) is 38.1 Å². The summed E-state index contributed by atoms with van der Waals surface area (Å²) in [7, 11) is 0. The van der Waals surface area contributed by atoms with Gasteiger partial charge in [-0.25, -0.2) is 15.1 Å². The molecule has 3 aromatic rings. The van der Waals surface area contributed by atoms with Crippen LogP contribution in [0.5, 0.6) is 5.75 Å². The maximum absolute atomic E-state index is 11.0. The van der Waals surface area contributed by atoms with Crippen LogP contribution in [0.15, 0.2) is 34.1 Å². The Hall–Kier alpha value is -1.13. The number of rotatable bonds is 5. The van der Waals surface area contributed by atoms with Gasteiger partial charge in [0.2, 0.25) is 0 Å². The molecule has 0 bridgehead atoms. The van der Waals surface area contributed by atoms with Crippen molar-refractivity contribution in [3.63, 3.8) is 0 Å². The van der Waals surface area contributed by atoms with Crippen molar-refractivity contribution in [2.45, 2.75) is 25.5 Å². The van der Waals surface area contributed by atoms with Gasteiger partial charge in [0.25, 0.3) is 0 Å². The maximum atomic E-state index is 11.0. The molecule has 1 unspecified atom stereocenters. The van der Waals surface area contributed by atoms with Gasteiger partial charge in [-0.1, -0.05) is 29.6 Å². The van der Waals surface area contributed by atoms with E-state index in [2.05, 4.69) is 26.5 Å². The molecule has 1 fully saturated rings. The fraction of sp³-hybridized carbons (Fsp3) is 0.316. The molecule has 1 atom stereocenters. The first-order valence-corrected chi connectivity index (χ1v) is 11.5. The molecule has 2 aromatic heterocycles. The molecule has 29 heavy (non-hydrogen) atoms. The number of piperidine rings is 1. The Balaban J connectivity index is 1.78. The topological polar surface area (TPSA) is 73.6 Å². The summed E-state index contributed by atoms with van der Waals surface area (Å²) in [6, 6.07) is 8.82. The molecule has 0 radical (unpaired) electrons. The van der Waals surface area contributed by atoms with Crippen LogP contribution in [0.2, 0.25) is 10.0 Å². The number of aliphatic hydroxyl groups is 1. The van der Waals surface area contributed by atoms with Gasteiger partial charge in [-0.15, -0.1) is 11.3 Å². The largest absolute Gasteiger partial charge is 0.504 e. The number of nitrogens with zero attached hydrogens (tertiary/aromatic N) is 3. The van der Waals surface area contributed by atoms with E-state index in [0.717, 1.165) is 34.6 Å². The van der Waals surface area contributed by atoms with Crippen molar-refractivity contribution in [2.24, 2.45) is 0 Å². The summed E-state index contributed by atoms with van der Waals surface area (Å²) in [5, 5.41) is 29.1. The van der Waals surface area contributed by atoms with Crippen molar-refractivity contribution in [1.82, 2.24) is 20.2 Å². The summed E-state index contributed by atoms with van der Waals surface area (Å²) in [5.41, 5.74) is 4.20. The van der Waals surface area contributed by atoms with Gasteiger partial charge in [0, 0.05) is 18.1 Å². The van der Waals surface area contributed by atoms with Crippen LogP contribution >= 0.6 is 50.5 Å². The summed E-state index contributed by atoms with van der Waals surface area (Å²) < 4.78 is 2.46. The van der Waals surface area contributed by atoms with Gasteiger partial charge < -0.3 is 10.2 Å². The van der Waals surface area contributed by atoms with Crippen molar-refractivity contribution >= 4 is 50.5 Å². The lowest BCUT2D eigenvalue weighted by molar-refractivity contribution is 0.0191. The fourth-order valence-corrected chi connectivity index (χ4v) is 5.26. The summed E-state index contributed by atoms with van der Waals surface area (Å²) in [6.07, 6.45) is 2.16. The number of aliphatic hydroxyl groups excluding tert-OH is 1. The van der Waals surface area contributed by atoms with Crippen molar-refractivity contribution in [1.29, 1.82) is 0 Å². The smallest absolute Gasteiger partial charge is 0.170 e. The number of aromatic nitrogens is 2. The van der Waals surface area contributed by atoms with E-state index >= 15 is 0 Å². The Labute approximate surface area is 190 Å². The van der Waals surface area contributed by atoms with E-state index in [4.69, 9.17) is 23.2 Å². The number of benzene rings is 1. The standard InChI is InChI=1S/C19H19BrCl2N4O2S/c20-15-7-6-14(29-15)17-18(27)16(19(28)24-25-8-2-1-3-9-25)23-26(17)13-5-4-11(21)10-12(13)22/h4-7,10,19,24,27-28H,1-3,8-9H2. The summed E-state index contributed by atoms with van der Waals surface area (Å²) in [6.45, 7) is 1.68. The zero-order valence-electron chi connectivity index (χ0n) is 15.3. The lowest BCUT2D eigenvalue weighted by Gasteiger charge is -2.29. The van der Waals surface area contributed by atoms with E-state index < -0.39 is 6.23 Å². The molecule has 0 saturated carbocycles. The van der Waals surface area contributed by atoms with E-state index in [9.17, 15) is 10.2 Å². The molecule has 3 N–H and O–H groups in total. The Kier molecular flexibility index (Phi) is 6.50. The number of hydrazine groups is 1. The van der Waals surface area contributed by atoms with Gasteiger partial charge in [0.15, 0.2) is 12.0 Å². The minimum atomic E-state index is -1.15. The normalized spacial score (nSPS) is 16.3. The quantitative estimate of drug-likeness (QED) is 0.397. The predicted octanol–water partition coefficient (Wildman–Crippen LogP) is 5.36. The molecule has 0 spiro atoms. The monoisotopic (exact) mass is 516 g/mol. The maximum Gasteiger partial charge on any atom is 0.170 e.